The van der Waals surface area contributed by atoms with E-state index in [1.807, 2.05) is 0 Å². The molecule has 9 rings (SSSR count). The predicted molar refractivity (Wildman–Crippen MR) is 281 cm³/mol. The Hall–Kier alpha value is -8.08. The Bertz CT molecular complexity index is 3330. The van der Waals surface area contributed by atoms with Crippen LogP contribution in [0, 0.1) is 34.2 Å². The summed E-state index contributed by atoms with van der Waals surface area (Å²) >= 11 is 0. The van der Waals surface area contributed by atoms with Crippen LogP contribution in [-0.4, -0.2) is 122 Å². The molecule has 2 bridgehead atoms. The van der Waals surface area contributed by atoms with E-state index < -0.39 is 167 Å². The third-order valence-electron chi connectivity index (χ3n) is 16.7. The largest absolute Gasteiger partial charge is 0.459 e. The Labute approximate surface area is 468 Å². The number of carbonyl (C=O) groups excluding carboxylic acids is 7. The number of aliphatic hydroxyl groups excluding tert-OH is 3. The average molecular weight is 1130 g/mol. The maximum Gasteiger partial charge on any atom is 0.338 e. The Balaban J connectivity index is 1.15. The normalized spacial score (nSPS) is 27.6. The van der Waals surface area contributed by atoms with Gasteiger partial charge in [-0.1, -0.05) is 111 Å². The maximum absolute atomic E-state index is 16.0. The van der Waals surface area contributed by atoms with E-state index in [4.69, 9.17) is 23.7 Å². The van der Waals surface area contributed by atoms with Crippen molar-refractivity contribution in [2.24, 2.45) is 16.7 Å². The smallest absolute Gasteiger partial charge is 0.338 e. The van der Waals surface area contributed by atoms with Gasteiger partial charge in [-0.3, -0.25) is 19.2 Å². The fourth-order valence-corrected chi connectivity index (χ4v) is 12.4. The van der Waals surface area contributed by atoms with Crippen molar-refractivity contribution in [3.63, 3.8) is 0 Å². The number of hydrogen-bond acceptors (Lipinski definition) is 16. The number of esters is 4. The van der Waals surface area contributed by atoms with Gasteiger partial charge in [0.1, 0.15) is 36.1 Å². The number of Topliss-reactive ketones (excluding diaryl/α,β-unsaturated/α-hetero) is 1. The van der Waals surface area contributed by atoms with E-state index in [0.717, 1.165) is 6.92 Å². The van der Waals surface area contributed by atoms with Gasteiger partial charge >= 0.3 is 23.9 Å². The fraction of sp³-hybridized carbons (Fsp3) is 0.361. The van der Waals surface area contributed by atoms with Crippen molar-refractivity contribution in [2.75, 3.05) is 6.61 Å². The SMILES string of the molecule is CC(=O)O[C@@]12CO[C@@H]1C[C@H](OC(=O)C(O)C(NC(=O)c1ccc(F)c(F)c1F)c1ccccc1)[C@@]1(C)C(=O)[C@H](O)C3=C(C)[C@@H](OC(=O)[C@H](O)[C@@H](NC(=O)c4ccccc4)c4ccccc4)C[C@@](O)([C@@H](OC(=O)c4ccccc4)C12)C3(C)C. The average Bonchev–Trinajstić information content (AvgIpc) is 0.722. The first-order valence-electron chi connectivity index (χ1n) is 26.3. The van der Waals surface area contributed by atoms with Crippen LogP contribution >= 0.6 is 0 Å². The Morgan fingerprint density at radius 1 is 0.683 bits per heavy atom. The van der Waals surface area contributed by atoms with Crippen LogP contribution < -0.4 is 10.6 Å². The lowest BCUT2D eigenvalue weighted by atomic mass is 9.44. The Kier molecular flexibility index (Phi) is 16.2. The number of hydrogen-bond donors (Lipinski definition) is 6. The number of fused-ring (bicyclic) bond motifs is 5. The van der Waals surface area contributed by atoms with Crippen molar-refractivity contribution < 1.29 is 90.8 Å². The molecule has 13 atom stereocenters. The lowest BCUT2D eigenvalue weighted by Gasteiger charge is -2.67. The van der Waals surface area contributed by atoms with E-state index >= 15 is 9.18 Å². The topological polar surface area (TPSA) is 271 Å². The summed E-state index contributed by atoms with van der Waals surface area (Å²) in [5, 5.41) is 55.7. The van der Waals surface area contributed by atoms with E-state index in [0.29, 0.717) is 17.7 Å². The van der Waals surface area contributed by atoms with Crippen LogP contribution in [0.25, 0.3) is 0 Å². The van der Waals surface area contributed by atoms with E-state index in [-0.39, 0.29) is 27.8 Å². The number of rotatable bonds is 15. The van der Waals surface area contributed by atoms with E-state index in [1.54, 1.807) is 60.7 Å². The number of carbonyl (C=O) groups is 7. The zero-order chi connectivity index (χ0) is 59.2. The molecule has 5 aromatic carbocycles. The highest BCUT2D eigenvalue weighted by atomic mass is 19.2. The van der Waals surface area contributed by atoms with Crippen LogP contribution in [0.5, 0.6) is 0 Å². The number of ketones is 1. The highest BCUT2D eigenvalue weighted by Crippen LogP contribution is 2.64. The van der Waals surface area contributed by atoms with Gasteiger partial charge in [0.15, 0.2) is 41.0 Å². The lowest BCUT2D eigenvalue weighted by Crippen LogP contribution is -2.82. The summed E-state index contributed by atoms with van der Waals surface area (Å²) < 4.78 is 74.3. The number of amides is 2. The second kappa shape index (κ2) is 22.7. The molecule has 3 fully saturated rings. The molecule has 3 aliphatic carbocycles. The third-order valence-corrected chi connectivity index (χ3v) is 16.7. The third kappa shape index (κ3) is 10.2. The minimum atomic E-state index is -2.63. The van der Waals surface area contributed by atoms with Crippen molar-refractivity contribution in [3.8, 4) is 0 Å². The second-order valence-electron chi connectivity index (χ2n) is 21.7. The summed E-state index contributed by atoms with van der Waals surface area (Å²) in [5.74, 6) is -15.5. The van der Waals surface area contributed by atoms with Crippen molar-refractivity contribution >= 4 is 41.5 Å². The van der Waals surface area contributed by atoms with Crippen LogP contribution in [0.4, 0.5) is 13.2 Å². The monoisotopic (exact) mass is 1130 g/mol. The molecule has 2 saturated carbocycles. The van der Waals surface area contributed by atoms with Gasteiger partial charge in [-0.2, -0.15) is 0 Å². The van der Waals surface area contributed by atoms with Crippen LogP contribution in [0.3, 0.4) is 0 Å². The summed E-state index contributed by atoms with van der Waals surface area (Å²) in [6, 6.07) is 28.5. The molecule has 21 heteroatoms. The molecular weight excluding hydrogens is 1070 g/mol. The number of aliphatic hydroxyl groups is 4. The van der Waals surface area contributed by atoms with E-state index in [1.165, 1.54) is 88.4 Å². The Morgan fingerprint density at radius 2 is 1.20 bits per heavy atom. The zero-order valence-electron chi connectivity index (χ0n) is 44.9. The van der Waals surface area contributed by atoms with Gasteiger partial charge in [0.05, 0.1) is 41.2 Å². The predicted octanol–water partition coefficient (Wildman–Crippen LogP) is 5.67. The molecule has 0 aromatic heterocycles. The van der Waals surface area contributed by atoms with Gasteiger partial charge in [0, 0.05) is 30.7 Å². The molecule has 5 aromatic rings. The summed E-state index contributed by atoms with van der Waals surface area (Å²) in [4.78, 5) is 101. The minimum Gasteiger partial charge on any atom is -0.459 e. The molecule has 430 valence electrons. The van der Waals surface area contributed by atoms with Crippen molar-refractivity contribution in [1.82, 2.24) is 10.6 Å². The quantitative estimate of drug-likeness (QED) is 0.0319. The minimum absolute atomic E-state index is 0.00547. The molecule has 82 heavy (non-hydrogen) atoms. The molecule has 0 radical (unpaired) electrons. The molecule has 1 aliphatic heterocycles. The van der Waals surface area contributed by atoms with Crippen molar-refractivity contribution in [1.29, 1.82) is 0 Å². The van der Waals surface area contributed by atoms with Crippen LogP contribution in [0.2, 0.25) is 0 Å². The zero-order valence-corrected chi connectivity index (χ0v) is 44.9. The molecule has 1 saturated heterocycles. The van der Waals surface area contributed by atoms with Crippen LogP contribution in [0.1, 0.15) is 102 Å². The highest BCUT2D eigenvalue weighted by molar-refractivity contribution is 5.97. The van der Waals surface area contributed by atoms with Gasteiger partial charge in [0.25, 0.3) is 11.8 Å². The standard InChI is InChI=1S/C61H59F3N2O16/c1-31-39(79-56(75)48(69)45(33-18-10-6-11-19-33)65-53(72)35-22-14-8-15-23-35)29-61(77)52(81-55(74)36-24-16-9-17-25-36)50-59(5,51(71)47(68)42(31)58(61,3)4)40(28-41-60(50,30-78-41)82-32(2)67)80-57(76)49(70)46(34-20-12-7-13-21-34)66-54(73)37-26-27-38(62)44(64)43(37)63/h6-27,39-41,45-50,52,68-70,77H,28-30H2,1-5H3,(H,65,72)(H,66,73)/t39-,40-,41+,45-,46?,47+,48+,49?,50?,52-,59+,60-,61+/m0/s1. The summed E-state index contributed by atoms with van der Waals surface area (Å²) in [6.45, 7) is 6.05. The van der Waals surface area contributed by atoms with Gasteiger partial charge < -0.3 is 54.7 Å². The molecule has 4 aliphatic rings. The van der Waals surface area contributed by atoms with Crippen molar-refractivity contribution in [3.05, 3.63) is 190 Å². The van der Waals surface area contributed by atoms with Gasteiger partial charge in [-0.25, -0.2) is 27.6 Å². The first-order chi connectivity index (χ1) is 38.9. The molecule has 0 spiro atoms. The number of halogens is 3. The first kappa shape index (κ1) is 58.6. The van der Waals surface area contributed by atoms with Crippen LogP contribution in [0.15, 0.2) is 145 Å². The van der Waals surface area contributed by atoms with Crippen molar-refractivity contribution in [2.45, 2.75) is 113 Å². The number of benzene rings is 5. The van der Waals surface area contributed by atoms with Gasteiger partial charge in [-0.15, -0.1) is 0 Å². The lowest BCUT2D eigenvalue weighted by molar-refractivity contribution is -0.346. The molecule has 3 unspecified atom stereocenters. The van der Waals surface area contributed by atoms with E-state index in [9.17, 15) is 58.0 Å². The fourth-order valence-electron chi connectivity index (χ4n) is 12.4. The summed E-state index contributed by atoms with van der Waals surface area (Å²) in [6.07, 6.45) is -15.2. The Morgan fingerprint density at radius 3 is 1.72 bits per heavy atom. The van der Waals surface area contributed by atoms with Crippen LogP contribution in [-0.2, 0) is 42.9 Å². The molecular formula is C61H59F3N2O16. The first-order valence-corrected chi connectivity index (χ1v) is 26.3. The maximum atomic E-state index is 16.0. The highest BCUT2D eigenvalue weighted by Gasteiger charge is 2.79. The van der Waals surface area contributed by atoms with Gasteiger partial charge in [-0.05, 0) is 72.5 Å². The molecule has 18 nitrogen and oxygen atoms in total. The molecule has 6 N–H and O–H groups in total. The number of nitrogens with one attached hydrogen (secondary N) is 2. The van der Waals surface area contributed by atoms with E-state index in [2.05, 4.69) is 10.6 Å². The molecule has 2 amide bonds. The summed E-state index contributed by atoms with van der Waals surface area (Å²) in [5.41, 5.74) is -9.84. The second-order valence-corrected chi connectivity index (χ2v) is 21.7. The van der Waals surface area contributed by atoms with Gasteiger partial charge in [0.2, 0.25) is 0 Å². The number of ether oxygens (including phenoxy) is 5. The molecule has 1 heterocycles. The summed E-state index contributed by atoms with van der Waals surface area (Å²) in [7, 11) is 0.